The Morgan fingerprint density at radius 3 is 1.43 bits per heavy atom. The van der Waals surface area contributed by atoms with Gasteiger partial charge in [-0.05, 0) is 51.4 Å². The predicted molar refractivity (Wildman–Crippen MR) is 117 cm³/mol. The molecule has 2 N–H and O–H groups in total. The van der Waals surface area contributed by atoms with Gasteiger partial charge in [0, 0.05) is 38.0 Å². The number of ether oxygens (including phenoxy) is 2. The highest BCUT2D eigenvalue weighted by atomic mass is 16.5. The molecule has 0 aliphatic carbocycles. The Hall–Kier alpha value is -1.14. The summed E-state index contributed by atoms with van der Waals surface area (Å²) in [6.45, 7) is 1.58. The molecule has 6 heteroatoms. The van der Waals surface area contributed by atoms with E-state index < -0.39 is 0 Å². The van der Waals surface area contributed by atoms with Crippen LogP contribution in [0.3, 0.4) is 0 Å². The van der Waals surface area contributed by atoms with Crippen molar-refractivity contribution >= 4 is 11.9 Å². The van der Waals surface area contributed by atoms with E-state index in [-0.39, 0.29) is 24.1 Å². The minimum absolute atomic E-state index is 0.0254. The van der Waals surface area contributed by atoms with Gasteiger partial charge in [0.1, 0.15) is 12.2 Å². The van der Waals surface area contributed by atoms with E-state index in [4.69, 9.17) is 9.47 Å². The van der Waals surface area contributed by atoms with Gasteiger partial charge in [-0.1, -0.05) is 38.5 Å². The second-order valence-corrected chi connectivity index (χ2v) is 9.49. The van der Waals surface area contributed by atoms with Crippen LogP contribution in [0.2, 0.25) is 0 Å². The summed E-state index contributed by atoms with van der Waals surface area (Å²) < 4.78 is 11.3. The van der Waals surface area contributed by atoms with Gasteiger partial charge in [-0.15, -0.1) is 0 Å². The third-order valence-electron chi connectivity index (χ3n) is 6.91. The number of esters is 2. The molecule has 6 aliphatic rings. The first-order valence-electron chi connectivity index (χ1n) is 12.5. The fraction of sp³-hybridized carbons (Fsp3) is 0.917. The maximum Gasteiger partial charge on any atom is 0.306 e. The fourth-order valence-electron chi connectivity index (χ4n) is 4.99. The van der Waals surface area contributed by atoms with Crippen LogP contribution >= 0.6 is 0 Å². The molecule has 0 radical (unpaired) electrons. The second-order valence-electron chi connectivity index (χ2n) is 9.49. The maximum absolute atomic E-state index is 12.1. The van der Waals surface area contributed by atoms with Gasteiger partial charge in [-0.25, -0.2) is 0 Å². The van der Waals surface area contributed by atoms with E-state index in [0.29, 0.717) is 24.9 Å². The first-order valence-corrected chi connectivity index (χ1v) is 12.5. The largest absolute Gasteiger partial charge is 0.461 e. The third kappa shape index (κ3) is 8.93. The highest BCUT2D eigenvalue weighted by Crippen LogP contribution is 2.20. The maximum atomic E-state index is 12.1. The van der Waals surface area contributed by atoms with Crippen LogP contribution < -0.4 is 10.6 Å². The van der Waals surface area contributed by atoms with E-state index in [2.05, 4.69) is 10.6 Å². The van der Waals surface area contributed by atoms with Crippen LogP contribution in [-0.2, 0) is 19.1 Å². The van der Waals surface area contributed by atoms with E-state index in [1.54, 1.807) is 0 Å². The van der Waals surface area contributed by atoms with Crippen LogP contribution in [0.15, 0.2) is 0 Å². The van der Waals surface area contributed by atoms with E-state index in [0.717, 1.165) is 77.3 Å². The molecule has 6 saturated heterocycles. The average Bonchev–Trinajstić information content (AvgIpc) is 2.74. The Labute approximate surface area is 182 Å². The summed E-state index contributed by atoms with van der Waals surface area (Å²) in [4.78, 5) is 24.2. The summed E-state index contributed by atoms with van der Waals surface area (Å²) in [7, 11) is 0. The van der Waals surface area contributed by atoms with Crippen LogP contribution in [-0.4, -0.2) is 49.3 Å². The number of rotatable bonds is 0. The molecule has 6 aliphatic heterocycles. The number of nitrogens with one attached hydrogen (secondary N) is 2. The Morgan fingerprint density at radius 2 is 0.967 bits per heavy atom. The molecule has 4 unspecified atom stereocenters. The molecule has 0 aromatic rings. The van der Waals surface area contributed by atoms with Crippen LogP contribution in [0.4, 0.5) is 0 Å². The van der Waals surface area contributed by atoms with Crippen LogP contribution in [0, 0.1) is 0 Å². The van der Waals surface area contributed by atoms with Crippen LogP contribution in [0.25, 0.3) is 0 Å². The smallest absolute Gasteiger partial charge is 0.306 e. The summed E-state index contributed by atoms with van der Waals surface area (Å²) >= 11 is 0. The zero-order valence-corrected chi connectivity index (χ0v) is 18.7. The van der Waals surface area contributed by atoms with Gasteiger partial charge in [0.2, 0.25) is 0 Å². The molecule has 0 aromatic carbocycles. The monoisotopic (exact) mass is 422 g/mol. The van der Waals surface area contributed by atoms with Crippen LogP contribution in [0.5, 0.6) is 0 Å². The molecule has 0 amide bonds. The van der Waals surface area contributed by atoms with Gasteiger partial charge < -0.3 is 20.1 Å². The highest BCUT2D eigenvalue weighted by Gasteiger charge is 2.24. The lowest BCUT2D eigenvalue weighted by Gasteiger charge is -2.30. The van der Waals surface area contributed by atoms with Crippen LogP contribution in [0.1, 0.15) is 103 Å². The molecular formula is C24H42N2O4. The molecule has 4 atom stereocenters. The van der Waals surface area contributed by atoms with Gasteiger partial charge >= 0.3 is 11.9 Å². The number of carbonyl (C=O) groups is 2. The summed E-state index contributed by atoms with van der Waals surface area (Å²) in [5, 5.41) is 7.11. The number of hydrogen-bond acceptors (Lipinski definition) is 6. The first-order chi connectivity index (χ1) is 14.7. The van der Waals surface area contributed by atoms with Gasteiger partial charge in [0.25, 0.3) is 0 Å². The van der Waals surface area contributed by atoms with E-state index >= 15 is 0 Å². The van der Waals surface area contributed by atoms with Crippen molar-refractivity contribution in [1.82, 2.24) is 10.6 Å². The van der Waals surface area contributed by atoms with Crippen molar-refractivity contribution in [3.8, 4) is 0 Å². The molecule has 6 nitrogen and oxygen atoms in total. The Morgan fingerprint density at radius 1 is 0.533 bits per heavy atom. The Balaban J connectivity index is 1.41. The molecule has 6 fully saturated rings. The number of carbonyl (C=O) groups excluding carboxylic acids is 2. The minimum atomic E-state index is -0.0323. The molecule has 6 rings (SSSR count). The predicted octanol–water partition coefficient (Wildman–Crippen LogP) is 4.01. The molecule has 4 bridgehead atoms. The Bertz CT molecular complexity index is 511. The van der Waals surface area contributed by atoms with Gasteiger partial charge in [0.15, 0.2) is 0 Å². The third-order valence-corrected chi connectivity index (χ3v) is 6.91. The lowest BCUT2D eigenvalue weighted by atomic mass is 9.96. The van der Waals surface area contributed by atoms with Crippen molar-refractivity contribution in [2.75, 3.05) is 13.1 Å². The van der Waals surface area contributed by atoms with Gasteiger partial charge in [0.05, 0.1) is 0 Å². The van der Waals surface area contributed by atoms with Crippen molar-refractivity contribution in [2.45, 2.75) is 127 Å². The zero-order valence-electron chi connectivity index (χ0n) is 18.7. The highest BCUT2D eigenvalue weighted by molar-refractivity contribution is 5.69. The van der Waals surface area contributed by atoms with Crippen molar-refractivity contribution in [3.63, 3.8) is 0 Å². The molecule has 6 heterocycles. The standard InChI is InChI=1S/C24H42N2O4/c27-23-11-7-3-1-2-5-9-19-13-15-22(17-25-19)30-24(28)12-8-4-6-10-20-14-16-21(29-23)18-26-20/h19-22,25-26H,1-18H2. The molecule has 0 saturated carbocycles. The normalized spacial score (nSPS) is 34.0. The number of piperidine rings is 2. The molecule has 172 valence electrons. The van der Waals surface area contributed by atoms with Gasteiger partial charge in [-0.2, -0.15) is 0 Å². The molecular weight excluding hydrogens is 380 g/mol. The quantitative estimate of drug-likeness (QED) is 0.575. The zero-order chi connectivity index (χ0) is 21.0. The average molecular weight is 423 g/mol. The number of hydrogen-bond donors (Lipinski definition) is 2. The SMILES string of the molecule is O=C1CCCCCC2CCC(CN2)OC(=O)CCCCCCCC2CCC(CN2)O1. The fourth-order valence-corrected chi connectivity index (χ4v) is 4.99. The van der Waals surface area contributed by atoms with Crippen molar-refractivity contribution < 1.29 is 19.1 Å². The first kappa shape index (κ1) is 23.5. The van der Waals surface area contributed by atoms with E-state index in [1.807, 2.05) is 0 Å². The summed E-state index contributed by atoms with van der Waals surface area (Å²) in [6, 6.07) is 1.07. The lowest BCUT2D eigenvalue weighted by molar-refractivity contribution is -0.151. The van der Waals surface area contributed by atoms with Crippen molar-refractivity contribution in [1.29, 1.82) is 0 Å². The summed E-state index contributed by atoms with van der Waals surface area (Å²) in [6.07, 6.45) is 16.4. The summed E-state index contributed by atoms with van der Waals surface area (Å²) in [5.74, 6) is -0.0577. The van der Waals surface area contributed by atoms with Gasteiger partial charge in [-0.3, -0.25) is 9.59 Å². The Kier molecular flexibility index (Phi) is 10.4. The van der Waals surface area contributed by atoms with E-state index in [1.165, 1.54) is 25.7 Å². The van der Waals surface area contributed by atoms with E-state index in [9.17, 15) is 9.59 Å². The lowest BCUT2D eigenvalue weighted by Crippen LogP contribution is -2.43. The second kappa shape index (κ2) is 13.3. The molecule has 30 heavy (non-hydrogen) atoms. The molecule has 0 spiro atoms. The topological polar surface area (TPSA) is 76.7 Å². The van der Waals surface area contributed by atoms with Crippen molar-refractivity contribution in [2.24, 2.45) is 0 Å². The molecule has 0 aromatic heterocycles. The van der Waals surface area contributed by atoms with Crippen molar-refractivity contribution in [3.05, 3.63) is 0 Å². The summed E-state index contributed by atoms with van der Waals surface area (Å²) in [5.41, 5.74) is 0. The minimum Gasteiger partial charge on any atom is -0.461 e.